The Kier molecular flexibility index (Phi) is 6.98. The second-order valence-electron chi connectivity index (χ2n) is 6.53. The van der Waals surface area contributed by atoms with Crippen molar-refractivity contribution in [2.24, 2.45) is 5.10 Å². The summed E-state index contributed by atoms with van der Waals surface area (Å²) in [5.74, 6) is 1.89. The van der Waals surface area contributed by atoms with Crippen molar-refractivity contribution >= 4 is 23.9 Å². The van der Waals surface area contributed by atoms with Crippen molar-refractivity contribution in [1.82, 2.24) is 20.2 Å². The smallest absolute Gasteiger partial charge is 0.250 e. The number of ether oxygens (including phenoxy) is 1. The zero-order valence-electron chi connectivity index (χ0n) is 17.3. The minimum atomic E-state index is -0.264. The summed E-state index contributed by atoms with van der Waals surface area (Å²) in [6.45, 7) is 2.54. The predicted molar refractivity (Wildman–Crippen MR) is 123 cm³/mol. The highest BCUT2D eigenvalue weighted by Gasteiger charge is 2.17. The zero-order valence-corrected chi connectivity index (χ0v) is 18.2. The number of carbonyl (C=O) groups is 1. The van der Waals surface area contributed by atoms with Crippen LogP contribution in [0.3, 0.4) is 0 Å². The molecule has 32 heavy (non-hydrogen) atoms. The Morgan fingerprint density at radius 1 is 1.12 bits per heavy atom. The number of amides is 1. The summed E-state index contributed by atoms with van der Waals surface area (Å²) in [5, 5.41) is 13.2. The molecule has 0 fully saturated rings. The van der Waals surface area contributed by atoms with Gasteiger partial charge in [-0.1, -0.05) is 42.1 Å². The molecule has 1 amide bonds. The molecule has 4 rings (SSSR count). The van der Waals surface area contributed by atoms with Crippen molar-refractivity contribution in [2.75, 3.05) is 12.4 Å². The van der Waals surface area contributed by atoms with Gasteiger partial charge in [-0.3, -0.25) is 9.36 Å². The van der Waals surface area contributed by atoms with E-state index in [4.69, 9.17) is 9.15 Å². The molecule has 0 spiro atoms. The Bertz CT molecular complexity index is 1170. The van der Waals surface area contributed by atoms with Gasteiger partial charge in [0.1, 0.15) is 11.5 Å². The summed E-state index contributed by atoms with van der Waals surface area (Å²) in [7, 11) is 0. The van der Waals surface area contributed by atoms with Crippen LogP contribution in [-0.2, 0) is 4.79 Å². The van der Waals surface area contributed by atoms with Crippen LogP contribution < -0.4 is 10.2 Å². The van der Waals surface area contributed by atoms with Gasteiger partial charge in [0.15, 0.2) is 11.0 Å². The Hall–Kier alpha value is -3.85. The summed E-state index contributed by atoms with van der Waals surface area (Å²) < 4.78 is 12.6. The lowest BCUT2D eigenvalue weighted by atomic mass is 10.2. The molecule has 0 bridgehead atoms. The highest BCUT2D eigenvalue weighted by atomic mass is 32.2. The highest BCUT2D eigenvalue weighted by molar-refractivity contribution is 7.99. The molecule has 2 aromatic heterocycles. The molecule has 9 heteroatoms. The molecule has 2 aromatic carbocycles. The van der Waals surface area contributed by atoms with E-state index in [-0.39, 0.29) is 11.7 Å². The van der Waals surface area contributed by atoms with Crippen LogP contribution in [0.1, 0.15) is 12.7 Å². The summed E-state index contributed by atoms with van der Waals surface area (Å²) >= 11 is 1.28. The number of aromatic nitrogens is 3. The molecule has 0 aliphatic carbocycles. The fraction of sp³-hybridized carbons (Fsp3) is 0.130. The minimum absolute atomic E-state index is 0.124. The van der Waals surface area contributed by atoms with E-state index in [2.05, 4.69) is 20.7 Å². The quantitative estimate of drug-likeness (QED) is 0.235. The van der Waals surface area contributed by atoms with Crippen LogP contribution in [0, 0.1) is 0 Å². The van der Waals surface area contributed by atoms with E-state index in [1.165, 1.54) is 24.2 Å². The zero-order chi connectivity index (χ0) is 22.2. The molecule has 4 aromatic rings. The number of hydrogen-bond acceptors (Lipinski definition) is 7. The van der Waals surface area contributed by atoms with Gasteiger partial charge in [-0.15, -0.1) is 10.2 Å². The Labute approximate surface area is 189 Å². The highest BCUT2D eigenvalue weighted by Crippen LogP contribution is 2.28. The first-order valence-corrected chi connectivity index (χ1v) is 11.0. The van der Waals surface area contributed by atoms with E-state index in [0.717, 1.165) is 17.0 Å². The van der Waals surface area contributed by atoms with Gasteiger partial charge in [0.25, 0.3) is 5.91 Å². The molecule has 8 nitrogen and oxygen atoms in total. The van der Waals surface area contributed by atoms with Gasteiger partial charge < -0.3 is 9.15 Å². The van der Waals surface area contributed by atoms with E-state index in [0.29, 0.717) is 23.3 Å². The standard InChI is InChI=1S/C23H21N5O3S/c1-2-30-19-12-10-18(11-13-19)28-22(17-7-4-3-5-8-17)26-27-23(28)32-16-21(29)25-24-15-20-9-6-14-31-20/h3-15H,2,16H2,1H3,(H,25,29). The van der Waals surface area contributed by atoms with Crippen molar-refractivity contribution in [1.29, 1.82) is 0 Å². The third-order valence-corrected chi connectivity index (χ3v) is 5.26. The summed E-state index contributed by atoms with van der Waals surface area (Å²) in [4.78, 5) is 12.2. The average Bonchev–Trinajstić information content (AvgIpc) is 3.49. The fourth-order valence-electron chi connectivity index (χ4n) is 2.92. The molecule has 1 N–H and O–H groups in total. The number of nitrogens with zero attached hydrogens (tertiary/aromatic N) is 4. The number of nitrogens with one attached hydrogen (secondary N) is 1. The van der Waals surface area contributed by atoms with E-state index in [1.54, 1.807) is 12.1 Å². The van der Waals surface area contributed by atoms with Crippen LogP contribution in [-0.4, -0.2) is 39.2 Å². The van der Waals surface area contributed by atoms with Crippen LogP contribution in [0.25, 0.3) is 17.1 Å². The lowest BCUT2D eigenvalue weighted by Gasteiger charge is -2.11. The summed E-state index contributed by atoms with van der Waals surface area (Å²) in [6.07, 6.45) is 2.98. The predicted octanol–water partition coefficient (Wildman–Crippen LogP) is 4.17. The van der Waals surface area contributed by atoms with E-state index >= 15 is 0 Å². The molecule has 0 atom stereocenters. The van der Waals surface area contributed by atoms with Crippen molar-refractivity contribution in [2.45, 2.75) is 12.1 Å². The molecule has 0 aliphatic heterocycles. The largest absolute Gasteiger partial charge is 0.494 e. The third-order valence-electron chi connectivity index (χ3n) is 4.33. The first-order valence-electron chi connectivity index (χ1n) is 9.97. The Morgan fingerprint density at radius 3 is 2.66 bits per heavy atom. The van der Waals surface area contributed by atoms with E-state index in [1.807, 2.05) is 66.1 Å². The van der Waals surface area contributed by atoms with Gasteiger partial charge in [-0.25, -0.2) is 5.43 Å². The fourth-order valence-corrected chi connectivity index (χ4v) is 3.67. The van der Waals surface area contributed by atoms with Crippen molar-refractivity contribution in [3.8, 4) is 22.8 Å². The van der Waals surface area contributed by atoms with Gasteiger partial charge >= 0.3 is 0 Å². The van der Waals surface area contributed by atoms with E-state index in [9.17, 15) is 4.79 Å². The van der Waals surface area contributed by atoms with Gasteiger partial charge in [-0.2, -0.15) is 5.10 Å². The Balaban J connectivity index is 1.53. The maximum Gasteiger partial charge on any atom is 0.250 e. The summed E-state index contributed by atoms with van der Waals surface area (Å²) in [5.41, 5.74) is 4.28. The maximum atomic E-state index is 12.2. The van der Waals surface area contributed by atoms with Gasteiger partial charge in [0, 0.05) is 11.3 Å². The second-order valence-corrected chi connectivity index (χ2v) is 7.47. The molecule has 0 radical (unpaired) electrons. The molecule has 2 heterocycles. The third kappa shape index (κ3) is 5.25. The molecule has 0 saturated carbocycles. The molecule has 162 valence electrons. The number of hydrogen-bond donors (Lipinski definition) is 1. The SMILES string of the molecule is CCOc1ccc(-n2c(SCC(=O)NN=Cc3ccco3)nnc2-c2ccccc2)cc1. The topological polar surface area (TPSA) is 94.5 Å². The van der Waals surface area contributed by atoms with Crippen LogP contribution in [0.4, 0.5) is 0 Å². The van der Waals surface area contributed by atoms with Crippen molar-refractivity contribution in [3.05, 3.63) is 78.8 Å². The molecule has 0 unspecified atom stereocenters. The first kappa shape index (κ1) is 21.4. The molecule has 0 aliphatic rings. The summed E-state index contributed by atoms with van der Waals surface area (Å²) in [6, 6.07) is 21.0. The first-order chi connectivity index (χ1) is 15.7. The van der Waals surface area contributed by atoms with Gasteiger partial charge in [0.2, 0.25) is 0 Å². The van der Waals surface area contributed by atoms with Crippen molar-refractivity contribution < 1.29 is 13.9 Å². The van der Waals surface area contributed by atoms with Gasteiger partial charge in [0.05, 0.1) is 24.8 Å². The van der Waals surface area contributed by atoms with Crippen LogP contribution in [0.5, 0.6) is 5.75 Å². The van der Waals surface area contributed by atoms with Gasteiger partial charge in [-0.05, 0) is 43.3 Å². The lowest BCUT2D eigenvalue weighted by Crippen LogP contribution is -2.19. The molecular weight excluding hydrogens is 426 g/mol. The molecular formula is C23H21N5O3S. The normalized spacial score (nSPS) is 11.0. The monoisotopic (exact) mass is 447 g/mol. The number of furan rings is 1. The van der Waals surface area contributed by atoms with E-state index < -0.39 is 0 Å². The van der Waals surface area contributed by atoms with Crippen LogP contribution in [0.2, 0.25) is 0 Å². The van der Waals surface area contributed by atoms with Crippen molar-refractivity contribution in [3.63, 3.8) is 0 Å². The van der Waals surface area contributed by atoms with Crippen LogP contribution >= 0.6 is 11.8 Å². The number of benzene rings is 2. The maximum absolute atomic E-state index is 12.2. The minimum Gasteiger partial charge on any atom is -0.494 e. The Morgan fingerprint density at radius 2 is 1.94 bits per heavy atom. The lowest BCUT2D eigenvalue weighted by molar-refractivity contribution is -0.118. The number of carbonyl (C=O) groups excluding carboxylic acids is 1. The second kappa shape index (κ2) is 10.5. The molecule has 0 saturated heterocycles. The number of hydrazone groups is 1. The van der Waals surface area contributed by atoms with Crippen LogP contribution in [0.15, 0.2) is 87.7 Å². The number of thioether (sulfide) groups is 1. The average molecular weight is 448 g/mol. The number of rotatable bonds is 9.